The van der Waals surface area contributed by atoms with Crippen LogP contribution in [0, 0.1) is 13.8 Å². The molecule has 0 unspecified atom stereocenters. The maximum absolute atomic E-state index is 12.8. The third-order valence-corrected chi connectivity index (χ3v) is 9.07. The van der Waals surface area contributed by atoms with E-state index >= 15 is 0 Å². The Morgan fingerprint density at radius 1 is 1.06 bits per heavy atom. The molecule has 2 heterocycles. The number of thioether (sulfide) groups is 1. The fourth-order valence-electron chi connectivity index (χ4n) is 4.05. The van der Waals surface area contributed by atoms with E-state index in [-0.39, 0.29) is 35.1 Å². The highest BCUT2D eigenvalue weighted by atomic mass is 32.2. The van der Waals surface area contributed by atoms with Crippen molar-refractivity contribution < 1.29 is 22.7 Å². The molecule has 9 heteroatoms. The molecule has 0 aliphatic carbocycles. The van der Waals surface area contributed by atoms with Crippen LogP contribution in [0.5, 0.6) is 11.5 Å². The van der Waals surface area contributed by atoms with Crippen molar-refractivity contribution >= 4 is 38.4 Å². The Bertz CT molecular complexity index is 1190. The number of hydrogen-bond donors (Lipinski definition) is 0. The van der Waals surface area contributed by atoms with Crippen LogP contribution in [0.3, 0.4) is 0 Å². The van der Waals surface area contributed by atoms with Crippen LogP contribution in [0.1, 0.15) is 16.7 Å². The Kier molecular flexibility index (Phi) is 6.22. The SMILES string of the molecule is COc1ccc(CC(=O)N=C2S[C@H]3CS(=O)(=O)C[C@@H]3N2c2ccc(C)c(C)c2)cc1OC. The second-order valence-electron chi connectivity index (χ2n) is 8.09. The zero-order valence-corrected chi connectivity index (χ0v) is 20.1. The molecule has 2 atom stereocenters. The summed E-state index contributed by atoms with van der Waals surface area (Å²) in [6, 6.07) is 11.1. The first-order valence-electron chi connectivity index (χ1n) is 10.3. The summed E-state index contributed by atoms with van der Waals surface area (Å²) in [6.45, 7) is 4.05. The number of aryl methyl sites for hydroxylation is 2. The van der Waals surface area contributed by atoms with Crippen LogP contribution in [0.25, 0.3) is 0 Å². The molecular weight excluding hydrogens is 448 g/mol. The molecule has 7 nitrogen and oxygen atoms in total. The van der Waals surface area contributed by atoms with Crippen molar-refractivity contribution in [3.63, 3.8) is 0 Å². The van der Waals surface area contributed by atoms with Gasteiger partial charge in [0, 0.05) is 10.9 Å². The molecule has 0 N–H and O–H groups in total. The summed E-state index contributed by atoms with van der Waals surface area (Å²) in [5, 5.41) is 0.429. The van der Waals surface area contributed by atoms with Gasteiger partial charge in [-0.1, -0.05) is 23.9 Å². The fourth-order valence-corrected chi connectivity index (χ4v) is 7.98. The number of benzene rings is 2. The second kappa shape index (κ2) is 8.78. The van der Waals surface area contributed by atoms with Gasteiger partial charge < -0.3 is 14.4 Å². The number of fused-ring (bicyclic) bond motifs is 1. The lowest BCUT2D eigenvalue weighted by atomic mass is 10.1. The standard InChI is InChI=1S/C23H26N2O5S2/c1-14-5-7-17(9-15(14)2)25-18-12-32(27,28)13-21(18)31-23(25)24-22(26)11-16-6-8-19(29-3)20(10-16)30-4/h5-10,18,21H,11-13H2,1-4H3/t18-,21-/m0/s1. The largest absolute Gasteiger partial charge is 0.493 e. The van der Waals surface area contributed by atoms with E-state index in [2.05, 4.69) is 4.99 Å². The molecule has 0 saturated carbocycles. The number of carbonyl (C=O) groups is 1. The van der Waals surface area contributed by atoms with Gasteiger partial charge in [0.25, 0.3) is 5.91 Å². The molecule has 2 aromatic rings. The highest BCUT2D eigenvalue weighted by Gasteiger charge is 2.49. The van der Waals surface area contributed by atoms with E-state index < -0.39 is 9.84 Å². The monoisotopic (exact) mass is 474 g/mol. The third kappa shape index (κ3) is 4.49. The van der Waals surface area contributed by atoms with E-state index in [1.807, 2.05) is 43.0 Å². The predicted molar refractivity (Wildman–Crippen MR) is 128 cm³/mol. The van der Waals surface area contributed by atoms with Gasteiger partial charge in [0.2, 0.25) is 0 Å². The van der Waals surface area contributed by atoms with Crippen molar-refractivity contribution in [1.29, 1.82) is 0 Å². The lowest BCUT2D eigenvalue weighted by Gasteiger charge is -2.25. The topological polar surface area (TPSA) is 85.3 Å². The van der Waals surface area contributed by atoms with Gasteiger partial charge in [-0.05, 0) is 54.8 Å². The summed E-state index contributed by atoms with van der Waals surface area (Å²) >= 11 is 1.38. The number of methoxy groups -OCH3 is 2. The molecule has 4 rings (SSSR count). The first-order chi connectivity index (χ1) is 15.2. The van der Waals surface area contributed by atoms with Gasteiger partial charge in [-0.25, -0.2) is 8.42 Å². The molecule has 170 valence electrons. The Labute approximate surface area is 192 Å². The van der Waals surface area contributed by atoms with Gasteiger partial charge in [0.1, 0.15) is 0 Å². The molecular formula is C23H26N2O5S2. The summed E-state index contributed by atoms with van der Waals surface area (Å²) in [5.41, 5.74) is 3.88. The van der Waals surface area contributed by atoms with Gasteiger partial charge in [0.15, 0.2) is 26.5 Å². The number of amidine groups is 1. The Balaban J connectivity index is 1.63. The minimum absolute atomic E-state index is 0.0699. The molecule has 0 bridgehead atoms. The number of ether oxygens (including phenoxy) is 2. The minimum atomic E-state index is -3.11. The Hall–Kier alpha value is -2.52. The van der Waals surface area contributed by atoms with E-state index in [1.54, 1.807) is 26.4 Å². The van der Waals surface area contributed by atoms with E-state index in [0.29, 0.717) is 16.7 Å². The van der Waals surface area contributed by atoms with Crippen LogP contribution >= 0.6 is 11.8 Å². The van der Waals surface area contributed by atoms with Gasteiger partial charge in [-0.3, -0.25) is 4.79 Å². The van der Waals surface area contributed by atoms with Gasteiger partial charge in [0.05, 0.1) is 38.2 Å². The lowest BCUT2D eigenvalue weighted by Crippen LogP contribution is -2.37. The van der Waals surface area contributed by atoms with E-state index in [1.165, 1.54) is 11.8 Å². The molecule has 0 radical (unpaired) electrons. The molecule has 2 aromatic carbocycles. The van der Waals surface area contributed by atoms with Crippen LogP contribution < -0.4 is 14.4 Å². The molecule has 2 aliphatic heterocycles. The summed E-state index contributed by atoms with van der Waals surface area (Å²) in [7, 11) is 0.000972. The first kappa shape index (κ1) is 22.7. The number of amides is 1. The van der Waals surface area contributed by atoms with E-state index in [4.69, 9.17) is 9.47 Å². The molecule has 32 heavy (non-hydrogen) atoms. The first-order valence-corrected chi connectivity index (χ1v) is 13.0. The Morgan fingerprint density at radius 2 is 1.81 bits per heavy atom. The number of aliphatic imine (C=N–C) groups is 1. The molecule has 2 fully saturated rings. The van der Waals surface area contributed by atoms with Gasteiger partial charge >= 0.3 is 0 Å². The number of nitrogens with zero attached hydrogens (tertiary/aromatic N) is 2. The van der Waals surface area contributed by atoms with Crippen molar-refractivity contribution in [2.75, 3.05) is 30.6 Å². The molecule has 2 saturated heterocycles. The zero-order valence-electron chi connectivity index (χ0n) is 18.5. The highest BCUT2D eigenvalue weighted by molar-refractivity contribution is 8.16. The van der Waals surface area contributed by atoms with Gasteiger partial charge in [-0.15, -0.1) is 0 Å². The van der Waals surface area contributed by atoms with Crippen molar-refractivity contribution in [2.24, 2.45) is 4.99 Å². The average Bonchev–Trinajstić information content (AvgIpc) is 3.20. The predicted octanol–water partition coefficient (Wildman–Crippen LogP) is 3.16. The quantitative estimate of drug-likeness (QED) is 0.658. The van der Waals surface area contributed by atoms with Crippen molar-refractivity contribution in [1.82, 2.24) is 0 Å². The number of hydrogen-bond acceptors (Lipinski definition) is 6. The second-order valence-corrected chi connectivity index (χ2v) is 11.5. The summed E-state index contributed by atoms with van der Waals surface area (Å²) < 4.78 is 35.1. The summed E-state index contributed by atoms with van der Waals surface area (Å²) in [6.07, 6.45) is 0.110. The number of sulfone groups is 1. The minimum Gasteiger partial charge on any atom is -0.493 e. The van der Waals surface area contributed by atoms with Crippen LogP contribution in [-0.4, -0.2) is 56.5 Å². The third-order valence-electron chi connectivity index (χ3n) is 5.86. The number of carbonyl (C=O) groups excluding carboxylic acids is 1. The summed E-state index contributed by atoms with van der Waals surface area (Å²) in [5.74, 6) is 1.03. The zero-order chi connectivity index (χ0) is 23.0. The molecule has 1 amide bonds. The molecule has 0 aromatic heterocycles. The van der Waals surface area contributed by atoms with Crippen LogP contribution in [-0.2, 0) is 21.1 Å². The average molecular weight is 475 g/mol. The smallest absolute Gasteiger partial charge is 0.252 e. The summed E-state index contributed by atoms with van der Waals surface area (Å²) in [4.78, 5) is 19.2. The maximum Gasteiger partial charge on any atom is 0.252 e. The van der Waals surface area contributed by atoms with Gasteiger partial charge in [-0.2, -0.15) is 4.99 Å². The van der Waals surface area contributed by atoms with Crippen LogP contribution in [0.4, 0.5) is 5.69 Å². The molecule has 2 aliphatic rings. The fraction of sp³-hybridized carbons (Fsp3) is 0.391. The number of anilines is 1. The lowest BCUT2D eigenvalue weighted by molar-refractivity contribution is -0.117. The van der Waals surface area contributed by atoms with Crippen molar-refractivity contribution in [3.05, 3.63) is 53.1 Å². The van der Waals surface area contributed by atoms with Crippen molar-refractivity contribution in [2.45, 2.75) is 31.6 Å². The molecule has 0 spiro atoms. The Morgan fingerprint density at radius 3 is 2.50 bits per heavy atom. The van der Waals surface area contributed by atoms with Crippen LogP contribution in [0.15, 0.2) is 41.4 Å². The maximum atomic E-state index is 12.8. The normalized spacial score (nSPS) is 22.8. The van der Waals surface area contributed by atoms with Crippen LogP contribution in [0.2, 0.25) is 0 Å². The van der Waals surface area contributed by atoms with Crippen molar-refractivity contribution in [3.8, 4) is 11.5 Å². The van der Waals surface area contributed by atoms with E-state index in [9.17, 15) is 13.2 Å². The van der Waals surface area contributed by atoms with E-state index in [0.717, 1.165) is 22.4 Å². The highest BCUT2D eigenvalue weighted by Crippen LogP contribution is 2.41. The number of rotatable bonds is 5.